The number of hydrogen-bond acceptors (Lipinski definition) is 4. The zero-order valence-corrected chi connectivity index (χ0v) is 12.0. The van der Waals surface area contributed by atoms with E-state index in [9.17, 15) is 10.1 Å². The predicted molar refractivity (Wildman–Crippen MR) is 82.2 cm³/mol. The molecule has 0 spiro atoms. The van der Waals surface area contributed by atoms with Crippen molar-refractivity contribution >= 4 is 17.4 Å². The molecule has 0 fully saturated rings. The maximum absolute atomic E-state index is 12.4. The van der Waals surface area contributed by atoms with Crippen LogP contribution in [0.3, 0.4) is 0 Å². The van der Waals surface area contributed by atoms with Gasteiger partial charge in [0, 0.05) is 12.7 Å². The Morgan fingerprint density at radius 2 is 2.14 bits per heavy atom. The van der Waals surface area contributed by atoms with Crippen LogP contribution in [0.25, 0.3) is 0 Å². The van der Waals surface area contributed by atoms with Crippen molar-refractivity contribution in [1.82, 2.24) is 4.98 Å². The van der Waals surface area contributed by atoms with Crippen LogP contribution in [0.2, 0.25) is 0 Å². The molecule has 5 heteroatoms. The maximum Gasteiger partial charge on any atom is 0.259 e. The smallest absolute Gasteiger partial charge is 0.259 e. The lowest BCUT2D eigenvalue weighted by molar-refractivity contribution is 0.102. The Kier molecular flexibility index (Phi) is 4.52. The number of nitrogens with one attached hydrogen (secondary N) is 2. The number of amides is 1. The number of nitrogens with zero attached hydrogens (tertiary/aromatic N) is 2. The molecule has 0 bridgehead atoms. The highest BCUT2D eigenvalue weighted by Gasteiger charge is 2.14. The molecule has 0 radical (unpaired) electrons. The highest BCUT2D eigenvalue weighted by atomic mass is 16.1. The molecule has 2 aromatic rings. The summed E-state index contributed by atoms with van der Waals surface area (Å²) >= 11 is 0. The average molecular weight is 280 g/mol. The Balaban J connectivity index is 2.31. The lowest BCUT2D eigenvalue weighted by Gasteiger charge is -2.11. The van der Waals surface area contributed by atoms with Crippen LogP contribution in [0.4, 0.5) is 11.5 Å². The van der Waals surface area contributed by atoms with Crippen LogP contribution < -0.4 is 10.6 Å². The Morgan fingerprint density at radius 1 is 1.33 bits per heavy atom. The second-order valence-electron chi connectivity index (χ2n) is 4.49. The normalized spacial score (nSPS) is 9.76. The van der Waals surface area contributed by atoms with Crippen molar-refractivity contribution in [2.75, 3.05) is 17.2 Å². The van der Waals surface area contributed by atoms with Crippen molar-refractivity contribution in [3.05, 3.63) is 53.2 Å². The molecule has 2 rings (SSSR count). The van der Waals surface area contributed by atoms with E-state index in [2.05, 4.69) is 21.7 Å². The van der Waals surface area contributed by atoms with Crippen molar-refractivity contribution in [2.24, 2.45) is 0 Å². The minimum atomic E-state index is -0.291. The van der Waals surface area contributed by atoms with Gasteiger partial charge in [-0.15, -0.1) is 0 Å². The van der Waals surface area contributed by atoms with Gasteiger partial charge in [-0.1, -0.05) is 12.1 Å². The summed E-state index contributed by atoms with van der Waals surface area (Å²) in [5, 5.41) is 15.0. The van der Waals surface area contributed by atoms with Crippen LogP contribution in [0.15, 0.2) is 36.5 Å². The Morgan fingerprint density at radius 3 is 2.86 bits per heavy atom. The molecule has 0 unspecified atom stereocenters. The van der Waals surface area contributed by atoms with E-state index < -0.39 is 0 Å². The van der Waals surface area contributed by atoms with Gasteiger partial charge in [-0.25, -0.2) is 4.98 Å². The second-order valence-corrected chi connectivity index (χ2v) is 4.49. The van der Waals surface area contributed by atoms with E-state index in [-0.39, 0.29) is 5.91 Å². The molecule has 1 amide bonds. The molecule has 0 aliphatic carbocycles. The number of aryl methyl sites for hydroxylation is 1. The zero-order chi connectivity index (χ0) is 15.2. The number of anilines is 2. The first-order valence-corrected chi connectivity index (χ1v) is 6.67. The van der Waals surface area contributed by atoms with Crippen molar-refractivity contribution in [1.29, 1.82) is 5.26 Å². The SMILES string of the molecule is CCNc1ncccc1C(=O)Nc1cccc(C)c1C#N. The van der Waals surface area contributed by atoms with E-state index in [4.69, 9.17) is 0 Å². The van der Waals surface area contributed by atoms with E-state index >= 15 is 0 Å². The number of pyridine rings is 1. The summed E-state index contributed by atoms with van der Waals surface area (Å²) in [7, 11) is 0. The summed E-state index contributed by atoms with van der Waals surface area (Å²) in [5.41, 5.74) is 2.26. The van der Waals surface area contributed by atoms with Gasteiger partial charge in [0.05, 0.1) is 16.8 Å². The van der Waals surface area contributed by atoms with Crippen LogP contribution >= 0.6 is 0 Å². The average Bonchev–Trinajstić information content (AvgIpc) is 2.48. The Bertz CT molecular complexity index is 704. The van der Waals surface area contributed by atoms with Crippen molar-refractivity contribution in [3.8, 4) is 6.07 Å². The van der Waals surface area contributed by atoms with Gasteiger partial charge in [-0.05, 0) is 37.6 Å². The van der Waals surface area contributed by atoms with Crippen molar-refractivity contribution in [3.63, 3.8) is 0 Å². The first-order chi connectivity index (χ1) is 10.2. The van der Waals surface area contributed by atoms with Crippen molar-refractivity contribution < 1.29 is 4.79 Å². The molecule has 0 aliphatic rings. The third kappa shape index (κ3) is 3.18. The van der Waals surface area contributed by atoms with E-state index in [0.717, 1.165) is 5.56 Å². The lowest BCUT2D eigenvalue weighted by Crippen LogP contribution is -2.16. The van der Waals surface area contributed by atoms with Crippen LogP contribution in [-0.2, 0) is 0 Å². The van der Waals surface area contributed by atoms with E-state index in [0.29, 0.717) is 29.2 Å². The van der Waals surface area contributed by atoms with E-state index in [1.165, 1.54) is 0 Å². The predicted octanol–water partition coefficient (Wildman–Crippen LogP) is 2.95. The van der Waals surface area contributed by atoms with Gasteiger partial charge in [0.2, 0.25) is 0 Å². The molecule has 1 aromatic heterocycles. The summed E-state index contributed by atoms with van der Waals surface area (Å²) < 4.78 is 0. The molecule has 106 valence electrons. The zero-order valence-electron chi connectivity index (χ0n) is 12.0. The maximum atomic E-state index is 12.4. The molecule has 5 nitrogen and oxygen atoms in total. The molecule has 0 aliphatic heterocycles. The fourth-order valence-corrected chi connectivity index (χ4v) is 2.01. The minimum Gasteiger partial charge on any atom is -0.370 e. The number of rotatable bonds is 4. The number of hydrogen-bond donors (Lipinski definition) is 2. The highest BCUT2D eigenvalue weighted by Crippen LogP contribution is 2.20. The first kappa shape index (κ1) is 14.5. The van der Waals surface area contributed by atoms with Gasteiger partial charge in [-0.3, -0.25) is 4.79 Å². The molecule has 0 saturated carbocycles. The lowest BCUT2D eigenvalue weighted by atomic mass is 10.1. The molecule has 1 heterocycles. The minimum absolute atomic E-state index is 0.291. The topological polar surface area (TPSA) is 77.8 Å². The molecule has 21 heavy (non-hydrogen) atoms. The number of aromatic nitrogens is 1. The van der Waals surface area contributed by atoms with Gasteiger partial charge in [-0.2, -0.15) is 5.26 Å². The monoisotopic (exact) mass is 280 g/mol. The summed E-state index contributed by atoms with van der Waals surface area (Å²) in [4.78, 5) is 16.5. The van der Waals surface area contributed by atoms with Gasteiger partial charge in [0.1, 0.15) is 11.9 Å². The quantitative estimate of drug-likeness (QED) is 0.902. The van der Waals surface area contributed by atoms with Gasteiger partial charge in [0.25, 0.3) is 5.91 Å². The van der Waals surface area contributed by atoms with Gasteiger partial charge in [0.15, 0.2) is 0 Å². The second kappa shape index (κ2) is 6.53. The molecule has 0 atom stereocenters. The first-order valence-electron chi connectivity index (χ1n) is 6.67. The van der Waals surface area contributed by atoms with Crippen LogP contribution in [0.5, 0.6) is 0 Å². The van der Waals surface area contributed by atoms with Gasteiger partial charge < -0.3 is 10.6 Å². The van der Waals surface area contributed by atoms with E-state index in [1.807, 2.05) is 19.9 Å². The summed E-state index contributed by atoms with van der Waals surface area (Å²) in [6.45, 7) is 4.44. The van der Waals surface area contributed by atoms with Crippen LogP contribution in [0, 0.1) is 18.3 Å². The number of nitriles is 1. The fraction of sp³-hybridized carbons (Fsp3) is 0.188. The summed E-state index contributed by atoms with van der Waals surface area (Å²) in [5.74, 6) is 0.241. The molecule has 1 aromatic carbocycles. The molecular weight excluding hydrogens is 264 g/mol. The number of carbonyl (C=O) groups is 1. The largest absolute Gasteiger partial charge is 0.370 e. The molecule has 0 saturated heterocycles. The number of carbonyl (C=O) groups excluding carboxylic acids is 1. The fourth-order valence-electron chi connectivity index (χ4n) is 2.01. The third-order valence-corrected chi connectivity index (χ3v) is 3.03. The highest BCUT2D eigenvalue weighted by molar-refractivity contribution is 6.08. The van der Waals surface area contributed by atoms with Crippen LogP contribution in [0.1, 0.15) is 28.4 Å². The standard InChI is InChI=1S/C16H16N4O/c1-3-18-15-12(7-5-9-19-15)16(21)20-14-8-4-6-11(2)13(14)10-17/h4-9H,3H2,1-2H3,(H,18,19)(H,20,21). The van der Waals surface area contributed by atoms with Crippen molar-refractivity contribution in [2.45, 2.75) is 13.8 Å². The van der Waals surface area contributed by atoms with E-state index in [1.54, 1.807) is 30.5 Å². The Labute approximate surface area is 123 Å². The molecular formula is C16H16N4O. The Hall–Kier alpha value is -2.87. The summed E-state index contributed by atoms with van der Waals surface area (Å²) in [6, 6.07) is 10.9. The van der Waals surface area contributed by atoms with Crippen LogP contribution in [-0.4, -0.2) is 17.4 Å². The third-order valence-electron chi connectivity index (χ3n) is 3.03. The number of benzene rings is 1. The van der Waals surface area contributed by atoms with Gasteiger partial charge >= 0.3 is 0 Å². The summed E-state index contributed by atoms with van der Waals surface area (Å²) in [6.07, 6.45) is 1.63. The molecule has 2 N–H and O–H groups in total.